The second kappa shape index (κ2) is 3.13. The van der Waals surface area contributed by atoms with Crippen molar-refractivity contribution in [1.82, 2.24) is 0 Å². The first-order chi connectivity index (χ1) is 5.95. The summed E-state index contributed by atoms with van der Waals surface area (Å²) in [6.45, 7) is 0. The molecule has 0 saturated carbocycles. The van der Waals surface area contributed by atoms with E-state index in [0.717, 1.165) is 5.75 Å². The highest BCUT2D eigenvalue weighted by Crippen LogP contribution is 2.19. The van der Waals surface area contributed by atoms with Crippen LogP contribution >= 0.6 is 0 Å². The Balaban J connectivity index is 2.15. The fourth-order valence-electron chi connectivity index (χ4n) is 0.896. The van der Waals surface area contributed by atoms with Gasteiger partial charge in [-0.25, -0.2) is 0 Å². The minimum Gasteiger partial charge on any atom is -0.457 e. The molecule has 0 unspecified atom stereocenters. The molecule has 2 rings (SSSR count). The fraction of sp³-hybridized carbons (Fsp3) is 0. The summed E-state index contributed by atoms with van der Waals surface area (Å²) in [5, 5.41) is 0. The summed E-state index contributed by atoms with van der Waals surface area (Å²) in [6.07, 6.45) is 4.06. The monoisotopic (exact) mass is 159 g/mol. The maximum absolute atomic E-state index is 5.39. The van der Waals surface area contributed by atoms with Crippen LogP contribution in [0.1, 0.15) is 0 Å². The molecule has 2 heteroatoms. The van der Waals surface area contributed by atoms with Gasteiger partial charge in [0.05, 0.1) is 0 Å². The van der Waals surface area contributed by atoms with Gasteiger partial charge in [0.2, 0.25) is 0 Å². The van der Waals surface area contributed by atoms with Crippen LogP contribution in [0.25, 0.3) is 0 Å². The average Bonchev–Trinajstić information content (AvgIpc) is 2.59. The standard InChI is InChI=1S/C10H7O2/c1-2-4-9(5-3-1)12-10-6-7-11-8-10/h1-6,8H. The molecular formula is C10H7O2. The van der Waals surface area contributed by atoms with Gasteiger partial charge in [0.15, 0.2) is 12.0 Å². The molecule has 1 aromatic carbocycles. The Kier molecular flexibility index (Phi) is 1.82. The third kappa shape index (κ3) is 1.48. The predicted molar refractivity (Wildman–Crippen MR) is 44.1 cm³/mol. The molecule has 0 N–H and O–H groups in total. The van der Waals surface area contributed by atoms with Crippen molar-refractivity contribution >= 4 is 0 Å². The van der Waals surface area contributed by atoms with Crippen LogP contribution in [0.3, 0.4) is 0 Å². The Morgan fingerprint density at radius 1 is 1.08 bits per heavy atom. The highest BCUT2D eigenvalue weighted by molar-refractivity contribution is 5.27. The van der Waals surface area contributed by atoms with Gasteiger partial charge in [-0.3, -0.25) is 0 Å². The molecule has 2 nitrogen and oxygen atoms in total. The third-order valence-electron chi connectivity index (χ3n) is 1.42. The molecule has 59 valence electrons. The van der Waals surface area contributed by atoms with E-state index in [9.17, 15) is 0 Å². The lowest BCUT2D eigenvalue weighted by Gasteiger charge is -1.99. The molecule has 0 aliphatic carbocycles. The van der Waals surface area contributed by atoms with Gasteiger partial charge in [-0.05, 0) is 12.1 Å². The van der Waals surface area contributed by atoms with E-state index >= 15 is 0 Å². The quantitative estimate of drug-likeness (QED) is 0.672. The number of ether oxygens (including phenoxy) is 1. The van der Waals surface area contributed by atoms with E-state index < -0.39 is 0 Å². The number of furan rings is 1. The van der Waals surface area contributed by atoms with Crippen molar-refractivity contribution in [3.05, 3.63) is 48.9 Å². The van der Waals surface area contributed by atoms with Crippen LogP contribution < -0.4 is 4.74 Å². The fourth-order valence-corrected chi connectivity index (χ4v) is 0.896. The highest BCUT2D eigenvalue weighted by Gasteiger charge is 1.95. The van der Waals surface area contributed by atoms with Gasteiger partial charge in [-0.15, -0.1) is 0 Å². The van der Waals surface area contributed by atoms with Gasteiger partial charge in [0, 0.05) is 6.07 Å². The first-order valence-electron chi connectivity index (χ1n) is 3.62. The van der Waals surface area contributed by atoms with Gasteiger partial charge in [-0.1, -0.05) is 18.2 Å². The smallest absolute Gasteiger partial charge is 0.173 e. The summed E-state index contributed by atoms with van der Waals surface area (Å²) in [4.78, 5) is 0. The predicted octanol–water partition coefficient (Wildman–Crippen LogP) is 2.87. The molecule has 0 amide bonds. The van der Waals surface area contributed by atoms with Gasteiger partial charge in [0.1, 0.15) is 12.0 Å². The topological polar surface area (TPSA) is 22.4 Å². The summed E-state index contributed by atoms with van der Waals surface area (Å²) < 4.78 is 10.1. The summed E-state index contributed by atoms with van der Waals surface area (Å²) in [7, 11) is 0. The summed E-state index contributed by atoms with van der Waals surface area (Å²) in [5.41, 5.74) is 0. The number of hydrogen-bond donors (Lipinski definition) is 0. The minimum atomic E-state index is 0.668. The molecule has 0 aliphatic rings. The SMILES string of the molecule is [c]1cc(Oc2ccccc2)co1. The second-order valence-corrected chi connectivity index (χ2v) is 2.32. The molecule has 1 heterocycles. The van der Waals surface area contributed by atoms with Crippen molar-refractivity contribution in [2.24, 2.45) is 0 Å². The van der Waals surface area contributed by atoms with E-state index in [1.807, 2.05) is 30.3 Å². The van der Waals surface area contributed by atoms with E-state index in [1.54, 1.807) is 6.07 Å². The van der Waals surface area contributed by atoms with Crippen molar-refractivity contribution in [1.29, 1.82) is 0 Å². The molecule has 0 spiro atoms. The molecule has 0 fully saturated rings. The van der Waals surface area contributed by atoms with E-state index in [1.165, 1.54) is 6.26 Å². The van der Waals surface area contributed by atoms with Crippen molar-refractivity contribution in [3.63, 3.8) is 0 Å². The molecule has 12 heavy (non-hydrogen) atoms. The Hall–Kier alpha value is -1.70. The maximum atomic E-state index is 5.39. The van der Waals surface area contributed by atoms with Crippen molar-refractivity contribution in [2.75, 3.05) is 0 Å². The van der Waals surface area contributed by atoms with Gasteiger partial charge >= 0.3 is 0 Å². The van der Waals surface area contributed by atoms with Crippen LogP contribution in [0.5, 0.6) is 11.5 Å². The van der Waals surface area contributed by atoms with Crippen LogP contribution in [0, 0.1) is 6.26 Å². The first kappa shape index (κ1) is 6.98. The van der Waals surface area contributed by atoms with Crippen LogP contribution in [-0.2, 0) is 0 Å². The van der Waals surface area contributed by atoms with Crippen molar-refractivity contribution in [2.45, 2.75) is 0 Å². The lowest BCUT2D eigenvalue weighted by atomic mass is 10.3. The molecule has 1 aromatic heterocycles. The normalized spacial score (nSPS) is 9.67. The Morgan fingerprint density at radius 2 is 1.92 bits per heavy atom. The number of benzene rings is 1. The van der Waals surface area contributed by atoms with Crippen molar-refractivity contribution < 1.29 is 9.15 Å². The van der Waals surface area contributed by atoms with Gasteiger partial charge in [-0.2, -0.15) is 0 Å². The molecule has 0 saturated heterocycles. The molecule has 2 aromatic rings. The first-order valence-corrected chi connectivity index (χ1v) is 3.62. The van der Waals surface area contributed by atoms with Crippen LogP contribution in [0.4, 0.5) is 0 Å². The lowest BCUT2D eigenvalue weighted by molar-refractivity contribution is 0.465. The zero-order chi connectivity index (χ0) is 8.23. The lowest BCUT2D eigenvalue weighted by Crippen LogP contribution is -1.79. The van der Waals surface area contributed by atoms with Crippen LogP contribution in [0.15, 0.2) is 47.1 Å². The molecule has 0 bridgehead atoms. The van der Waals surface area contributed by atoms with Crippen molar-refractivity contribution in [3.8, 4) is 11.5 Å². The summed E-state index contributed by atoms with van der Waals surface area (Å²) in [6, 6.07) is 11.2. The molecule has 1 radical (unpaired) electrons. The minimum absolute atomic E-state index is 0.668. The highest BCUT2D eigenvalue weighted by atomic mass is 16.5. The Bertz CT molecular complexity index is 324. The molecular weight excluding hydrogens is 152 g/mol. The number of rotatable bonds is 2. The van der Waals surface area contributed by atoms with E-state index in [0.29, 0.717) is 5.75 Å². The molecule has 0 aliphatic heterocycles. The van der Waals surface area contributed by atoms with Crippen LogP contribution in [0.2, 0.25) is 0 Å². The van der Waals surface area contributed by atoms with E-state index in [4.69, 9.17) is 9.15 Å². The van der Waals surface area contributed by atoms with E-state index in [2.05, 4.69) is 6.26 Å². The maximum Gasteiger partial charge on any atom is 0.173 e. The Morgan fingerprint density at radius 3 is 2.58 bits per heavy atom. The summed E-state index contributed by atoms with van der Waals surface area (Å²) >= 11 is 0. The second-order valence-electron chi connectivity index (χ2n) is 2.32. The zero-order valence-electron chi connectivity index (χ0n) is 6.36. The number of hydrogen-bond acceptors (Lipinski definition) is 2. The average molecular weight is 159 g/mol. The van der Waals surface area contributed by atoms with Gasteiger partial charge in [0.25, 0.3) is 0 Å². The third-order valence-corrected chi connectivity index (χ3v) is 1.42. The largest absolute Gasteiger partial charge is 0.457 e. The number of para-hydroxylation sites is 1. The zero-order valence-corrected chi connectivity index (χ0v) is 6.36. The summed E-state index contributed by atoms with van der Waals surface area (Å²) in [5.74, 6) is 1.47. The molecule has 0 atom stereocenters. The van der Waals surface area contributed by atoms with Gasteiger partial charge < -0.3 is 9.15 Å². The van der Waals surface area contributed by atoms with Crippen LogP contribution in [-0.4, -0.2) is 0 Å². The Labute approximate surface area is 70.4 Å². The van der Waals surface area contributed by atoms with E-state index in [-0.39, 0.29) is 0 Å².